The zero-order valence-corrected chi connectivity index (χ0v) is 23.9. The average molecular weight is 535 g/mol. The smallest absolute Gasteiger partial charge is 0.252 e. The van der Waals surface area contributed by atoms with E-state index in [9.17, 15) is 4.79 Å². The fourth-order valence-corrected chi connectivity index (χ4v) is 8.42. The van der Waals surface area contributed by atoms with Gasteiger partial charge in [-0.15, -0.1) is 6.58 Å². The lowest BCUT2D eigenvalue weighted by Gasteiger charge is -2.52. The van der Waals surface area contributed by atoms with Gasteiger partial charge in [0.2, 0.25) is 0 Å². The summed E-state index contributed by atoms with van der Waals surface area (Å²) in [5, 5.41) is 12.2. The van der Waals surface area contributed by atoms with Crippen molar-refractivity contribution in [1.82, 2.24) is 15.5 Å². The molecule has 2 N–H and O–H groups in total. The second-order valence-electron chi connectivity index (χ2n) is 12.7. The monoisotopic (exact) mass is 534 g/mol. The molecule has 214 valence electrons. The molecule has 0 aromatic rings. The third-order valence-electron chi connectivity index (χ3n) is 10.3. The molecule has 1 amide bonds. The molecule has 1 saturated heterocycles. The highest BCUT2D eigenvalue weighted by atomic mass is 16.2. The summed E-state index contributed by atoms with van der Waals surface area (Å²) in [5.41, 5.74) is 10.9. The molecule has 5 atom stereocenters. The lowest BCUT2D eigenvalue weighted by atomic mass is 9.74. The van der Waals surface area contributed by atoms with Gasteiger partial charge in [-0.05, 0) is 88.0 Å². The van der Waals surface area contributed by atoms with Gasteiger partial charge in [0.1, 0.15) is 0 Å². The Balaban J connectivity index is 1.47. The minimum atomic E-state index is -0.0450. The van der Waals surface area contributed by atoms with E-state index in [1.54, 1.807) is 0 Å². The van der Waals surface area contributed by atoms with Crippen LogP contribution in [0.25, 0.3) is 10.4 Å². The quantitative estimate of drug-likeness (QED) is 0.136. The summed E-state index contributed by atoms with van der Waals surface area (Å²) in [5.74, 6) is 1.57. The van der Waals surface area contributed by atoms with Crippen LogP contribution in [0, 0.1) is 11.8 Å². The Morgan fingerprint density at radius 1 is 1.05 bits per heavy atom. The fourth-order valence-electron chi connectivity index (χ4n) is 8.42. The highest BCUT2D eigenvalue weighted by molar-refractivity contribution is 5.97. The minimum absolute atomic E-state index is 0.0415. The highest BCUT2D eigenvalue weighted by Crippen LogP contribution is 2.38. The van der Waals surface area contributed by atoms with E-state index < -0.39 is 0 Å². The molecule has 1 aliphatic heterocycles. The second kappa shape index (κ2) is 14.0. The van der Waals surface area contributed by atoms with Crippen LogP contribution in [0.2, 0.25) is 0 Å². The van der Waals surface area contributed by atoms with E-state index in [1.807, 2.05) is 0 Å². The first-order valence-corrected chi connectivity index (χ1v) is 16.0. The van der Waals surface area contributed by atoms with Crippen molar-refractivity contribution in [2.24, 2.45) is 17.0 Å². The third kappa shape index (κ3) is 6.64. The van der Waals surface area contributed by atoms with Gasteiger partial charge in [-0.2, -0.15) is 0 Å². The van der Waals surface area contributed by atoms with Crippen LogP contribution in [0.1, 0.15) is 109 Å². The number of hydrogen-bond acceptors (Lipinski definition) is 4. The maximum Gasteiger partial charge on any atom is 0.252 e. The Labute approximate surface area is 235 Å². The highest BCUT2D eigenvalue weighted by Gasteiger charge is 2.46. The van der Waals surface area contributed by atoms with E-state index in [0.717, 1.165) is 56.1 Å². The first-order valence-electron chi connectivity index (χ1n) is 16.0. The maximum atomic E-state index is 14.5. The molecule has 2 saturated carbocycles. The van der Waals surface area contributed by atoms with Crippen molar-refractivity contribution in [3.05, 3.63) is 46.4 Å². The lowest BCUT2D eigenvalue weighted by molar-refractivity contribution is -0.139. The van der Waals surface area contributed by atoms with Crippen LogP contribution in [0.5, 0.6) is 0 Å². The van der Waals surface area contributed by atoms with E-state index >= 15 is 0 Å². The van der Waals surface area contributed by atoms with Gasteiger partial charge in [-0.3, -0.25) is 10.1 Å². The van der Waals surface area contributed by atoms with Crippen molar-refractivity contribution in [1.29, 1.82) is 0 Å². The van der Waals surface area contributed by atoms with Gasteiger partial charge in [0.15, 0.2) is 0 Å². The van der Waals surface area contributed by atoms with Gasteiger partial charge in [-0.25, -0.2) is 0 Å². The van der Waals surface area contributed by atoms with Crippen molar-refractivity contribution in [2.45, 2.75) is 139 Å². The normalized spacial score (nSPS) is 30.4. The molecular weight excluding hydrogens is 484 g/mol. The number of amides is 1. The fraction of sp³-hybridized carbons (Fsp3) is 0.781. The van der Waals surface area contributed by atoms with E-state index in [2.05, 4.69) is 50.4 Å². The Morgan fingerprint density at radius 2 is 1.82 bits per heavy atom. The lowest BCUT2D eigenvalue weighted by Crippen LogP contribution is -2.70. The summed E-state index contributed by atoms with van der Waals surface area (Å²) >= 11 is 0. The summed E-state index contributed by atoms with van der Waals surface area (Å²) in [6.07, 6.45) is 26.5. The first-order chi connectivity index (χ1) is 19.2. The molecular formula is C32H50N6O. The van der Waals surface area contributed by atoms with E-state index in [4.69, 9.17) is 5.53 Å². The van der Waals surface area contributed by atoms with Crippen molar-refractivity contribution in [2.75, 3.05) is 6.54 Å². The minimum Gasteiger partial charge on any atom is -0.319 e. The van der Waals surface area contributed by atoms with Gasteiger partial charge in [0.25, 0.3) is 5.91 Å². The van der Waals surface area contributed by atoms with Gasteiger partial charge in [-0.1, -0.05) is 67.4 Å². The van der Waals surface area contributed by atoms with Crippen molar-refractivity contribution in [3.63, 3.8) is 0 Å². The largest absolute Gasteiger partial charge is 0.319 e. The molecule has 4 aliphatic carbocycles. The van der Waals surface area contributed by atoms with Gasteiger partial charge < -0.3 is 10.2 Å². The van der Waals surface area contributed by atoms with Gasteiger partial charge in [0, 0.05) is 41.2 Å². The zero-order valence-electron chi connectivity index (χ0n) is 23.9. The van der Waals surface area contributed by atoms with E-state index in [-0.39, 0.29) is 30.2 Å². The number of rotatable bonds is 10. The van der Waals surface area contributed by atoms with Crippen LogP contribution in [0.15, 0.2) is 41.1 Å². The molecule has 39 heavy (non-hydrogen) atoms. The zero-order chi connectivity index (χ0) is 27.0. The third-order valence-corrected chi connectivity index (χ3v) is 10.3. The predicted molar refractivity (Wildman–Crippen MR) is 158 cm³/mol. The van der Waals surface area contributed by atoms with Crippen LogP contribution < -0.4 is 10.6 Å². The van der Waals surface area contributed by atoms with Gasteiger partial charge >= 0.3 is 0 Å². The Bertz CT molecular complexity index is 956. The summed E-state index contributed by atoms with van der Waals surface area (Å²) in [7, 11) is 0. The summed E-state index contributed by atoms with van der Waals surface area (Å²) in [4.78, 5) is 19.7. The number of fused-ring (bicyclic) bond motifs is 1. The molecule has 5 rings (SSSR count). The molecule has 0 aromatic carbocycles. The van der Waals surface area contributed by atoms with Crippen LogP contribution in [0.4, 0.5) is 0 Å². The van der Waals surface area contributed by atoms with Crippen LogP contribution in [-0.2, 0) is 4.79 Å². The molecule has 5 unspecified atom stereocenters. The molecule has 0 radical (unpaired) electrons. The summed E-state index contributed by atoms with van der Waals surface area (Å²) in [6.45, 7) is 4.49. The van der Waals surface area contributed by atoms with E-state index in [0.29, 0.717) is 24.4 Å². The van der Waals surface area contributed by atoms with Crippen LogP contribution >= 0.6 is 0 Å². The van der Waals surface area contributed by atoms with Crippen molar-refractivity contribution < 1.29 is 4.79 Å². The predicted octanol–water partition coefficient (Wildman–Crippen LogP) is 7.08. The van der Waals surface area contributed by atoms with Crippen LogP contribution in [-0.4, -0.2) is 47.7 Å². The molecule has 0 spiro atoms. The standard InChI is InChI=1S/C32H50N6O/c1-2-13-28(35-30(23-14-6-3-7-15-23)24-16-8-4-9-17-24)31-36-27-21-12-18-25(22-34-37-33)29(27)32(39)38(31)26-19-10-5-11-20-26/h2-3,6,23-24,26-28,30-31,35-36H,1,4-5,7-22H2. The van der Waals surface area contributed by atoms with E-state index in [1.165, 1.54) is 64.2 Å². The Hall–Kier alpha value is -2.08. The Kier molecular flexibility index (Phi) is 10.2. The molecule has 1 heterocycles. The summed E-state index contributed by atoms with van der Waals surface area (Å²) < 4.78 is 0. The Morgan fingerprint density at radius 3 is 2.51 bits per heavy atom. The number of hydrogen-bond donors (Lipinski definition) is 2. The first kappa shape index (κ1) is 28.4. The van der Waals surface area contributed by atoms with Gasteiger partial charge in [0.05, 0.1) is 6.17 Å². The van der Waals surface area contributed by atoms with Crippen molar-refractivity contribution in [3.8, 4) is 0 Å². The molecule has 0 aromatic heterocycles. The van der Waals surface area contributed by atoms with Crippen LogP contribution in [0.3, 0.4) is 0 Å². The average Bonchev–Trinajstić information content (AvgIpc) is 2.99. The molecule has 5 aliphatic rings. The second-order valence-corrected chi connectivity index (χ2v) is 12.7. The SMILES string of the molecule is C=CCC(NC(C1CC=CCC1)C1CCCCC1)C1NC2CCCC(CN=[N+]=[N-])=C2C(=O)N1C1CCCCC1. The number of nitrogens with one attached hydrogen (secondary N) is 2. The number of carbonyl (C=O) groups excluding carboxylic acids is 1. The number of azide groups is 1. The number of nitrogens with zero attached hydrogens (tertiary/aromatic N) is 4. The molecule has 7 nitrogen and oxygen atoms in total. The molecule has 7 heteroatoms. The summed E-state index contributed by atoms with van der Waals surface area (Å²) in [6, 6.07) is 0.920. The maximum absolute atomic E-state index is 14.5. The van der Waals surface area contributed by atoms with Crippen molar-refractivity contribution >= 4 is 5.91 Å². The molecule has 3 fully saturated rings. The molecule has 0 bridgehead atoms. The topological polar surface area (TPSA) is 93.1 Å². The number of allylic oxidation sites excluding steroid dienone is 2. The number of carbonyl (C=O) groups is 1.